The van der Waals surface area contributed by atoms with Crippen molar-refractivity contribution in [3.05, 3.63) is 52.5 Å². The van der Waals surface area contributed by atoms with E-state index in [0.29, 0.717) is 28.1 Å². The zero-order valence-corrected chi connectivity index (χ0v) is 16.2. The van der Waals surface area contributed by atoms with Crippen molar-refractivity contribution in [3.8, 4) is 5.75 Å². The first-order chi connectivity index (χ1) is 12.3. The van der Waals surface area contributed by atoms with Gasteiger partial charge in [-0.3, -0.25) is 9.59 Å². The second-order valence-corrected chi connectivity index (χ2v) is 6.90. The van der Waals surface area contributed by atoms with Crippen molar-refractivity contribution in [2.24, 2.45) is 5.41 Å². The molecule has 5 nitrogen and oxygen atoms in total. The van der Waals surface area contributed by atoms with E-state index in [1.807, 2.05) is 6.92 Å². The zero-order chi connectivity index (χ0) is 19.3. The van der Waals surface area contributed by atoms with E-state index in [1.54, 1.807) is 42.5 Å². The number of rotatable bonds is 6. The van der Waals surface area contributed by atoms with Crippen LogP contribution in [0.5, 0.6) is 5.75 Å². The highest BCUT2D eigenvalue weighted by Crippen LogP contribution is 2.32. The van der Waals surface area contributed by atoms with Gasteiger partial charge in [-0.2, -0.15) is 0 Å². The molecule has 0 bridgehead atoms. The zero-order valence-electron chi connectivity index (χ0n) is 14.7. The third-order valence-corrected chi connectivity index (χ3v) is 4.39. The number of para-hydroxylation sites is 1. The minimum Gasteiger partial charge on any atom is -0.494 e. The van der Waals surface area contributed by atoms with E-state index in [-0.39, 0.29) is 5.69 Å². The predicted molar refractivity (Wildman–Crippen MR) is 105 cm³/mol. The van der Waals surface area contributed by atoms with Gasteiger partial charge in [-0.05, 0) is 57.2 Å². The van der Waals surface area contributed by atoms with Gasteiger partial charge in [-0.15, -0.1) is 0 Å². The number of nitrogens with one attached hydrogen (secondary N) is 2. The van der Waals surface area contributed by atoms with Crippen molar-refractivity contribution in [2.75, 3.05) is 17.2 Å². The molecule has 0 saturated heterocycles. The van der Waals surface area contributed by atoms with Crippen LogP contribution < -0.4 is 15.4 Å². The predicted octanol–water partition coefficient (Wildman–Crippen LogP) is 5.00. The van der Waals surface area contributed by atoms with Crippen LogP contribution in [0.4, 0.5) is 11.4 Å². The molecule has 2 N–H and O–H groups in total. The molecule has 26 heavy (non-hydrogen) atoms. The Morgan fingerprint density at radius 3 is 2.04 bits per heavy atom. The van der Waals surface area contributed by atoms with E-state index in [4.69, 9.17) is 27.9 Å². The van der Waals surface area contributed by atoms with Crippen LogP contribution in [0.15, 0.2) is 42.5 Å². The minimum atomic E-state index is -1.35. The minimum absolute atomic E-state index is 0.280. The van der Waals surface area contributed by atoms with Crippen LogP contribution in [-0.4, -0.2) is 18.4 Å². The Morgan fingerprint density at radius 1 is 0.962 bits per heavy atom. The van der Waals surface area contributed by atoms with Crippen molar-refractivity contribution in [3.63, 3.8) is 0 Å². The van der Waals surface area contributed by atoms with E-state index >= 15 is 0 Å². The number of hydrogen-bond donors (Lipinski definition) is 2. The molecule has 0 atom stereocenters. The molecule has 0 aliphatic carbocycles. The van der Waals surface area contributed by atoms with Gasteiger partial charge in [0, 0.05) is 5.69 Å². The lowest BCUT2D eigenvalue weighted by atomic mass is 9.90. The van der Waals surface area contributed by atoms with Crippen LogP contribution in [0.25, 0.3) is 0 Å². The Hall–Kier alpha value is -2.24. The molecule has 2 rings (SSSR count). The van der Waals surface area contributed by atoms with E-state index in [2.05, 4.69) is 10.6 Å². The SMILES string of the molecule is CCOc1ccc(NC(=O)C(C)(C)C(=O)Nc2c(Cl)cccc2Cl)cc1. The van der Waals surface area contributed by atoms with Gasteiger partial charge in [-0.25, -0.2) is 0 Å². The van der Waals surface area contributed by atoms with Crippen LogP contribution in [0.3, 0.4) is 0 Å². The fraction of sp³-hybridized carbons (Fsp3) is 0.263. The summed E-state index contributed by atoms with van der Waals surface area (Å²) in [5.74, 6) is -0.269. The molecule has 138 valence electrons. The smallest absolute Gasteiger partial charge is 0.239 e. The average molecular weight is 395 g/mol. The molecule has 0 radical (unpaired) electrons. The molecule has 2 amide bonds. The molecule has 0 aliphatic rings. The first kappa shape index (κ1) is 20.1. The molecular weight excluding hydrogens is 375 g/mol. The van der Waals surface area contributed by atoms with Crippen molar-refractivity contribution in [2.45, 2.75) is 20.8 Å². The number of amides is 2. The lowest BCUT2D eigenvalue weighted by Gasteiger charge is -2.23. The van der Waals surface area contributed by atoms with Crippen LogP contribution in [0.1, 0.15) is 20.8 Å². The number of carbonyl (C=O) groups excluding carboxylic acids is 2. The molecule has 0 saturated carbocycles. The van der Waals surface area contributed by atoms with Gasteiger partial charge in [0.1, 0.15) is 11.2 Å². The van der Waals surface area contributed by atoms with E-state index in [1.165, 1.54) is 13.8 Å². The maximum atomic E-state index is 12.6. The van der Waals surface area contributed by atoms with Gasteiger partial charge in [0.05, 0.1) is 22.3 Å². The summed E-state index contributed by atoms with van der Waals surface area (Å²) in [6.45, 7) is 5.50. The van der Waals surface area contributed by atoms with Crippen molar-refractivity contribution in [1.29, 1.82) is 0 Å². The molecule has 0 unspecified atom stereocenters. The monoisotopic (exact) mass is 394 g/mol. The lowest BCUT2D eigenvalue weighted by molar-refractivity contribution is -0.135. The highest BCUT2D eigenvalue weighted by molar-refractivity contribution is 6.40. The first-order valence-corrected chi connectivity index (χ1v) is 8.81. The Kier molecular flexibility index (Phi) is 6.51. The molecule has 0 spiro atoms. The fourth-order valence-electron chi connectivity index (χ4n) is 2.08. The van der Waals surface area contributed by atoms with Gasteiger partial charge in [0.2, 0.25) is 11.8 Å². The number of carbonyl (C=O) groups is 2. The standard InChI is InChI=1S/C19H20Cl2N2O3/c1-4-26-13-10-8-12(9-11-13)22-17(24)19(2,3)18(25)23-16-14(20)6-5-7-15(16)21/h5-11H,4H2,1-3H3,(H,22,24)(H,23,25). The Balaban J connectivity index is 2.09. The van der Waals surface area contributed by atoms with Crippen LogP contribution >= 0.6 is 23.2 Å². The Labute approximate surface area is 162 Å². The summed E-state index contributed by atoms with van der Waals surface area (Å²) >= 11 is 12.1. The maximum absolute atomic E-state index is 12.6. The largest absolute Gasteiger partial charge is 0.494 e. The second-order valence-electron chi connectivity index (χ2n) is 6.09. The van der Waals surface area contributed by atoms with Gasteiger partial charge in [0.15, 0.2) is 0 Å². The van der Waals surface area contributed by atoms with E-state index in [0.717, 1.165) is 0 Å². The summed E-state index contributed by atoms with van der Waals surface area (Å²) in [5, 5.41) is 5.95. The molecule has 2 aromatic carbocycles. The van der Waals surface area contributed by atoms with Gasteiger partial charge in [-0.1, -0.05) is 29.3 Å². The molecule has 0 fully saturated rings. The highest BCUT2D eigenvalue weighted by atomic mass is 35.5. The molecule has 0 aliphatic heterocycles. The summed E-state index contributed by atoms with van der Waals surface area (Å²) in [5.41, 5.74) is -0.501. The number of hydrogen-bond acceptors (Lipinski definition) is 3. The number of benzene rings is 2. The topological polar surface area (TPSA) is 67.4 Å². The van der Waals surface area contributed by atoms with Crippen molar-refractivity contribution < 1.29 is 14.3 Å². The Bertz CT molecular complexity index is 785. The van der Waals surface area contributed by atoms with E-state index in [9.17, 15) is 9.59 Å². The van der Waals surface area contributed by atoms with Crippen molar-refractivity contribution in [1.82, 2.24) is 0 Å². The molecule has 0 heterocycles. The first-order valence-electron chi connectivity index (χ1n) is 8.05. The van der Waals surface area contributed by atoms with Crippen LogP contribution in [-0.2, 0) is 9.59 Å². The number of halogens is 2. The molecular formula is C19H20Cl2N2O3. The quantitative estimate of drug-likeness (QED) is 0.677. The molecule has 7 heteroatoms. The molecule has 0 aromatic heterocycles. The Morgan fingerprint density at radius 2 is 1.50 bits per heavy atom. The highest BCUT2D eigenvalue weighted by Gasteiger charge is 2.36. The van der Waals surface area contributed by atoms with Crippen LogP contribution in [0, 0.1) is 5.41 Å². The number of ether oxygens (including phenoxy) is 1. The summed E-state index contributed by atoms with van der Waals surface area (Å²) < 4.78 is 5.36. The maximum Gasteiger partial charge on any atom is 0.239 e. The fourth-order valence-corrected chi connectivity index (χ4v) is 2.57. The van der Waals surface area contributed by atoms with Gasteiger partial charge in [0.25, 0.3) is 0 Å². The summed E-state index contributed by atoms with van der Waals surface area (Å²) in [4.78, 5) is 25.2. The summed E-state index contributed by atoms with van der Waals surface area (Å²) in [6, 6.07) is 11.8. The summed E-state index contributed by atoms with van der Waals surface area (Å²) in [6.07, 6.45) is 0. The van der Waals surface area contributed by atoms with Crippen LogP contribution in [0.2, 0.25) is 10.0 Å². The molecule has 2 aromatic rings. The lowest BCUT2D eigenvalue weighted by Crippen LogP contribution is -2.41. The number of anilines is 2. The average Bonchev–Trinajstić information content (AvgIpc) is 2.60. The summed E-state index contributed by atoms with van der Waals surface area (Å²) in [7, 11) is 0. The third kappa shape index (κ3) is 4.68. The van der Waals surface area contributed by atoms with E-state index < -0.39 is 17.2 Å². The normalized spacial score (nSPS) is 11.0. The third-order valence-electron chi connectivity index (χ3n) is 3.76. The van der Waals surface area contributed by atoms with Gasteiger partial charge >= 0.3 is 0 Å². The van der Waals surface area contributed by atoms with Crippen molar-refractivity contribution >= 4 is 46.4 Å². The second kappa shape index (κ2) is 8.43. The van der Waals surface area contributed by atoms with Gasteiger partial charge < -0.3 is 15.4 Å².